The monoisotopic (exact) mass is 461 g/mol. The Morgan fingerprint density at radius 1 is 0.824 bits per heavy atom. The molecule has 2 atom stereocenters. The van der Waals surface area contributed by atoms with Gasteiger partial charge in [0.25, 0.3) is 0 Å². The Kier molecular flexibility index (Phi) is 8.21. The summed E-state index contributed by atoms with van der Waals surface area (Å²) in [5.41, 5.74) is 1.07. The average Bonchev–Trinajstić information content (AvgIpc) is 2.83. The second kappa shape index (κ2) is 11.1. The summed E-state index contributed by atoms with van der Waals surface area (Å²) in [5.74, 6) is -1.03. The van der Waals surface area contributed by atoms with Gasteiger partial charge in [-0.1, -0.05) is 49.4 Å². The van der Waals surface area contributed by atoms with Gasteiger partial charge in [-0.15, -0.1) is 0 Å². The van der Waals surface area contributed by atoms with Crippen LogP contribution < -0.4 is 14.8 Å². The highest BCUT2D eigenvalue weighted by atomic mass is 16.6. The van der Waals surface area contributed by atoms with Gasteiger partial charge in [-0.25, -0.2) is 9.59 Å². The molecular weight excluding hydrogens is 430 g/mol. The zero-order chi connectivity index (χ0) is 24.7. The number of benzene rings is 3. The van der Waals surface area contributed by atoms with Gasteiger partial charge in [-0.3, -0.25) is 0 Å². The van der Waals surface area contributed by atoms with Crippen molar-refractivity contribution in [2.45, 2.75) is 51.8 Å². The van der Waals surface area contributed by atoms with E-state index in [1.165, 1.54) is 6.07 Å². The number of hydrogen-bond donors (Lipinski definition) is 2. The fourth-order valence-electron chi connectivity index (χ4n) is 3.53. The van der Waals surface area contributed by atoms with Crippen LogP contribution in [-0.4, -0.2) is 28.6 Å². The van der Waals surface area contributed by atoms with Crippen LogP contribution in [0.15, 0.2) is 78.9 Å². The maximum atomic E-state index is 12.7. The number of carbonyl (C=O) groups is 2. The zero-order valence-corrected chi connectivity index (χ0v) is 19.9. The third-order valence-corrected chi connectivity index (χ3v) is 5.17. The molecule has 0 aliphatic carbocycles. The molecule has 178 valence electrons. The van der Waals surface area contributed by atoms with Crippen LogP contribution in [0, 0.1) is 0 Å². The molecule has 0 saturated heterocycles. The molecule has 6 heteroatoms. The molecule has 0 aliphatic heterocycles. The Labute approximate surface area is 200 Å². The molecule has 2 unspecified atom stereocenters. The number of rotatable bonds is 8. The molecule has 6 nitrogen and oxygen atoms in total. The molecule has 0 amide bonds. The van der Waals surface area contributed by atoms with Crippen molar-refractivity contribution in [3.8, 4) is 11.5 Å². The fraction of sp³-hybridized carbons (Fsp3) is 0.286. The van der Waals surface area contributed by atoms with Gasteiger partial charge in [-0.2, -0.15) is 0 Å². The van der Waals surface area contributed by atoms with Crippen LogP contribution >= 0.6 is 0 Å². The highest BCUT2D eigenvalue weighted by Gasteiger charge is 2.26. The largest absolute Gasteiger partial charge is 0.419 e. The second-order valence-corrected chi connectivity index (χ2v) is 9.07. The van der Waals surface area contributed by atoms with Crippen LogP contribution in [-0.2, 0) is 0 Å². The van der Waals surface area contributed by atoms with Gasteiger partial charge in [0.15, 0.2) is 11.5 Å². The summed E-state index contributed by atoms with van der Waals surface area (Å²) in [6, 6.07) is 21.6. The molecule has 0 saturated carbocycles. The highest BCUT2D eigenvalue weighted by Crippen LogP contribution is 2.33. The lowest BCUT2D eigenvalue weighted by Crippen LogP contribution is -2.46. The molecule has 0 bridgehead atoms. The first-order valence-electron chi connectivity index (χ1n) is 11.3. The Morgan fingerprint density at radius 2 is 1.32 bits per heavy atom. The molecule has 0 aliphatic rings. The predicted molar refractivity (Wildman–Crippen MR) is 131 cm³/mol. The van der Waals surface area contributed by atoms with Crippen LogP contribution in [0.1, 0.15) is 66.5 Å². The first-order chi connectivity index (χ1) is 16.2. The van der Waals surface area contributed by atoms with Crippen LogP contribution in [0.25, 0.3) is 0 Å². The van der Waals surface area contributed by atoms with E-state index in [1.807, 2.05) is 27.7 Å². The number of aliphatic hydroxyl groups is 1. The second-order valence-electron chi connectivity index (χ2n) is 9.07. The molecular formula is C28H31NO5. The lowest BCUT2D eigenvalue weighted by Gasteiger charge is -2.31. The van der Waals surface area contributed by atoms with Crippen molar-refractivity contribution < 1.29 is 24.2 Å². The summed E-state index contributed by atoms with van der Waals surface area (Å²) >= 11 is 0. The minimum Gasteiger partial charge on any atom is -0.419 e. The van der Waals surface area contributed by atoms with E-state index < -0.39 is 18.0 Å². The van der Waals surface area contributed by atoms with Crippen LogP contribution in [0.3, 0.4) is 0 Å². The normalized spacial score (nSPS) is 13.1. The summed E-state index contributed by atoms with van der Waals surface area (Å²) in [6.07, 6.45) is -0.181. The van der Waals surface area contributed by atoms with E-state index in [0.29, 0.717) is 23.1 Å². The molecule has 34 heavy (non-hydrogen) atoms. The van der Waals surface area contributed by atoms with Crippen molar-refractivity contribution in [3.05, 3.63) is 95.6 Å². The van der Waals surface area contributed by atoms with Crippen molar-refractivity contribution in [1.29, 1.82) is 0 Å². The van der Waals surface area contributed by atoms with E-state index >= 15 is 0 Å². The van der Waals surface area contributed by atoms with Gasteiger partial charge in [0.05, 0.1) is 17.2 Å². The minimum atomic E-state index is -0.864. The summed E-state index contributed by atoms with van der Waals surface area (Å²) in [4.78, 5) is 25.4. The summed E-state index contributed by atoms with van der Waals surface area (Å²) in [6.45, 7) is 8.07. The molecule has 0 aromatic heterocycles. The molecule has 0 radical (unpaired) electrons. The standard InChI is InChI=1S/C28H31NO5/c1-5-22(29-28(2,3)4)25(30)21-16-17-23(33-26(31)19-12-8-6-9-13-19)24(18-21)34-27(32)20-14-10-7-11-15-20/h6-18,22,25,29-30H,5H2,1-4H3. The molecule has 0 heterocycles. The number of aliphatic hydroxyl groups excluding tert-OH is 1. The minimum absolute atomic E-state index is 0.0558. The third-order valence-electron chi connectivity index (χ3n) is 5.17. The first-order valence-corrected chi connectivity index (χ1v) is 11.3. The molecule has 3 aromatic rings. The maximum Gasteiger partial charge on any atom is 0.343 e. The van der Waals surface area contributed by atoms with E-state index in [9.17, 15) is 14.7 Å². The predicted octanol–water partition coefficient (Wildman–Crippen LogP) is 5.33. The van der Waals surface area contributed by atoms with Gasteiger partial charge in [0.2, 0.25) is 0 Å². The number of nitrogens with one attached hydrogen (secondary N) is 1. The fourth-order valence-corrected chi connectivity index (χ4v) is 3.53. The number of carbonyl (C=O) groups excluding carboxylic acids is 2. The number of esters is 2. The Bertz CT molecular complexity index is 1110. The van der Waals surface area contributed by atoms with Gasteiger partial charge in [0, 0.05) is 11.6 Å². The van der Waals surface area contributed by atoms with Crippen molar-refractivity contribution in [1.82, 2.24) is 5.32 Å². The molecule has 2 N–H and O–H groups in total. The van der Waals surface area contributed by atoms with Crippen molar-refractivity contribution in [2.24, 2.45) is 0 Å². The van der Waals surface area contributed by atoms with Crippen molar-refractivity contribution in [3.63, 3.8) is 0 Å². The van der Waals surface area contributed by atoms with Crippen molar-refractivity contribution in [2.75, 3.05) is 0 Å². The maximum absolute atomic E-state index is 12.7. The van der Waals surface area contributed by atoms with E-state index in [4.69, 9.17) is 9.47 Å². The quantitative estimate of drug-likeness (QED) is 0.349. The van der Waals surface area contributed by atoms with E-state index in [2.05, 4.69) is 5.32 Å². The zero-order valence-electron chi connectivity index (χ0n) is 19.9. The third kappa shape index (κ3) is 6.76. The Morgan fingerprint density at radius 3 is 1.79 bits per heavy atom. The lowest BCUT2D eigenvalue weighted by atomic mass is 9.96. The summed E-state index contributed by atoms with van der Waals surface area (Å²) < 4.78 is 11.2. The summed E-state index contributed by atoms with van der Waals surface area (Å²) in [7, 11) is 0. The van der Waals surface area contributed by atoms with Gasteiger partial charge in [-0.05, 0) is 69.2 Å². The Hall–Kier alpha value is -3.48. The van der Waals surface area contributed by atoms with Gasteiger partial charge >= 0.3 is 11.9 Å². The molecule has 3 rings (SSSR count). The highest BCUT2D eigenvalue weighted by molar-refractivity contribution is 5.93. The van der Waals surface area contributed by atoms with E-state index in [0.717, 1.165) is 0 Å². The lowest BCUT2D eigenvalue weighted by molar-refractivity contribution is 0.0680. The van der Waals surface area contributed by atoms with Crippen molar-refractivity contribution >= 4 is 11.9 Å². The van der Waals surface area contributed by atoms with E-state index in [1.54, 1.807) is 72.8 Å². The van der Waals surface area contributed by atoms with Crippen LogP contribution in [0.5, 0.6) is 11.5 Å². The average molecular weight is 462 g/mol. The number of ether oxygens (including phenoxy) is 2. The van der Waals surface area contributed by atoms with Gasteiger partial charge in [0.1, 0.15) is 0 Å². The van der Waals surface area contributed by atoms with Crippen LogP contribution in [0.2, 0.25) is 0 Å². The van der Waals surface area contributed by atoms with Gasteiger partial charge < -0.3 is 19.9 Å². The number of hydrogen-bond acceptors (Lipinski definition) is 6. The SMILES string of the molecule is CCC(NC(C)(C)C)C(O)c1ccc(OC(=O)c2ccccc2)c(OC(=O)c2ccccc2)c1. The first kappa shape index (κ1) is 25.1. The topological polar surface area (TPSA) is 84.9 Å². The molecule has 0 fully saturated rings. The smallest absolute Gasteiger partial charge is 0.343 e. The molecule has 3 aromatic carbocycles. The molecule has 0 spiro atoms. The van der Waals surface area contributed by atoms with Crippen LogP contribution in [0.4, 0.5) is 0 Å². The summed E-state index contributed by atoms with van der Waals surface area (Å²) in [5, 5.41) is 14.5. The Balaban J connectivity index is 1.93. The van der Waals surface area contributed by atoms with E-state index in [-0.39, 0.29) is 23.1 Å².